The lowest BCUT2D eigenvalue weighted by Gasteiger charge is -2.06. The molecule has 1 aromatic carbocycles. The number of benzene rings is 1. The van der Waals surface area contributed by atoms with Crippen molar-refractivity contribution in [2.24, 2.45) is 0 Å². The van der Waals surface area contributed by atoms with Crippen LogP contribution in [0.25, 0.3) is 5.65 Å². The molecule has 0 radical (unpaired) electrons. The summed E-state index contributed by atoms with van der Waals surface area (Å²) in [7, 11) is 0. The molecule has 1 N–H and O–H groups in total. The first-order valence-corrected chi connectivity index (χ1v) is 7.01. The van der Waals surface area contributed by atoms with Crippen LogP contribution in [0.5, 0.6) is 0 Å². The lowest BCUT2D eigenvalue weighted by atomic mass is 10.1. The van der Waals surface area contributed by atoms with Crippen LogP contribution >= 0.6 is 0 Å². The highest BCUT2D eigenvalue weighted by Gasteiger charge is 2.08. The van der Waals surface area contributed by atoms with E-state index in [1.165, 1.54) is 5.56 Å². The van der Waals surface area contributed by atoms with Crippen molar-refractivity contribution in [2.75, 3.05) is 5.32 Å². The molecule has 0 saturated heterocycles. The zero-order valence-corrected chi connectivity index (χ0v) is 12.1. The molecule has 4 heteroatoms. The number of imidazole rings is 1. The van der Waals surface area contributed by atoms with Gasteiger partial charge >= 0.3 is 0 Å². The van der Waals surface area contributed by atoms with E-state index in [2.05, 4.69) is 17.2 Å². The third kappa shape index (κ3) is 2.79. The molecule has 3 aromatic rings. The summed E-state index contributed by atoms with van der Waals surface area (Å²) < 4.78 is 1.87. The fourth-order valence-electron chi connectivity index (χ4n) is 2.28. The van der Waals surface area contributed by atoms with Gasteiger partial charge in [-0.25, -0.2) is 4.98 Å². The van der Waals surface area contributed by atoms with Crippen LogP contribution in [0, 0.1) is 6.92 Å². The summed E-state index contributed by atoms with van der Waals surface area (Å²) in [5.41, 5.74) is 4.45. The number of aryl methyl sites for hydroxylation is 2. The molecule has 0 aliphatic carbocycles. The molecule has 0 fully saturated rings. The average molecular weight is 279 g/mol. The Morgan fingerprint density at radius 2 is 1.90 bits per heavy atom. The Labute approximate surface area is 123 Å². The van der Waals surface area contributed by atoms with Gasteiger partial charge in [0.2, 0.25) is 0 Å². The normalized spacial score (nSPS) is 10.8. The van der Waals surface area contributed by atoms with Crippen molar-refractivity contribution >= 4 is 17.2 Å². The summed E-state index contributed by atoms with van der Waals surface area (Å²) in [6, 6.07) is 11.5. The third-order valence-corrected chi connectivity index (χ3v) is 3.45. The van der Waals surface area contributed by atoms with Gasteiger partial charge in [-0.3, -0.25) is 4.79 Å². The number of pyridine rings is 1. The smallest absolute Gasteiger partial charge is 0.257 e. The SMILES string of the molecule is CCc1ccc(NC(=O)c2ccc3nc(C)cn3c2)cc1. The molecule has 3 rings (SSSR count). The molecule has 2 aromatic heterocycles. The lowest BCUT2D eigenvalue weighted by molar-refractivity contribution is 0.102. The van der Waals surface area contributed by atoms with E-state index in [1.807, 2.05) is 47.9 Å². The first-order chi connectivity index (χ1) is 10.2. The minimum Gasteiger partial charge on any atom is -0.322 e. The predicted octanol–water partition coefficient (Wildman–Crippen LogP) is 3.46. The standard InChI is InChI=1S/C17H17N3O/c1-3-13-4-7-15(8-5-13)19-17(21)14-6-9-16-18-12(2)10-20(16)11-14/h4-11H,3H2,1-2H3,(H,19,21). The Kier molecular flexibility index (Phi) is 3.44. The summed E-state index contributed by atoms with van der Waals surface area (Å²) in [4.78, 5) is 16.6. The summed E-state index contributed by atoms with van der Waals surface area (Å²) in [5.74, 6) is -0.118. The molecular weight excluding hydrogens is 262 g/mol. The van der Waals surface area contributed by atoms with E-state index >= 15 is 0 Å². The number of aromatic nitrogens is 2. The van der Waals surface area contributed by atoms with Crippen LogP contribution in [0.15, 0.2) is 48.8 Å². The highest BCUT2D eigenvalue weighted by molar-refractivity contribution is 6.04. The number of rotatable bonds is 3. The van der Waals surface area contributed by atoms with Crippen LogP contribution < -0.4 is 5.32 Å². The van der Waals surface area contributed by atoms with Crippen molar-refractivity contribution in [3.8, 4) is 0 Å². The zero-order valence-electron chi connectivity index (χ0n) is 12.1. The highest BCUT2D eigenvalue weighted by atomic mass is 16.1. The number of anilines is 1. The van der Waals surface area contributed by atoms with Crippen LogP contribution in [0.3, 0.4) is 0 Å². The minimum atomic E-state index is -0.118. The van der Waals surface area contributed by atoms with Crippen molar-refractivity contribution in [3.63, 3.8) is 0 Å². The summed E-state index contributed by atoms with van der Waals surface area (Å²) in [5, 5.41) is 2.91. The van der Waals surface area contributed by atoms with Crippen molar-refractivity contribution < 1.29 is 4.79 Å². The molecule has 0 aliphatic heterocycles. The molecule has 0 bridgehead atoms. The number of carbonyl (C=O) groups is 1. The van der Waals surface area contributed by atoms with E-state index in [1.54, 1.807) is 12.3 Å². The Morgan fingerprint density at radius 3 is 2.62 bits per heavy atom. The Hall–Kier alpha value is -2.62. The molecule has 0 saturated carbocycles. The Bertz CT molecular complexity index is 787. The molecular formula is C17H17N3O. The van der Waals surface area contributed by atoms with Crippen LogP contribution in [-0.4, -0.2) is 15.3 Å². The van der Waals surface area contributed by atoms with Crippen molar-refractivity contribution in [2.45, 2.75) is 20.3 Å². The van der Waals surface area contributed by atoms with E-state index < -0.39 is 0 Å². The second kappa shape index (κ2) is 5.40. The van der Waals surface area contributed by atoms with Gasteiger partial charge in [0.05, 0.1) is 11.3 Å². The summed E-state index contributed by atoms with van der Waals surface area (Å²) in [6.07, 6.45) is 4.69. The van der Waals surface area contributed by atoms with E-state index in [0.29, 0.717) is 5.56 Å². The van der Waals surface area contributed by atoms with E-state index in [9.17, 15) is 4.79 Å². The van der Waals surface area contributed by atoms with Crippen LogP contribution in [0.4, 0.5) is 5.69 Å². The van der Waals surface area contributed by atoms with Crippen LogP contribution in [0.1, 0.15) is 28.5 Å². The van der Waals surface area contributed by atoms with Gasteiger partial charge in [-0.15, -0.1) is 0 Å². The zero-order chi connectivity index (χ0) is 14.8. The number of nitrogens with zero attached hydrogens (tertiary/aromatic N) is 2. The van der Waals surface area contributed by atoms with E-state index in [4.69, 9.17) is 0 Å². The quantitative estimate of drug-likeness (QED) is 0.798. The van der Waals surface area contributed by atoms with Crippen molar-refractivity contribution in [3.05, 3.63) is 65.6 Å². The maximum Gasteiger partial charge on any atom is 0.257 e. The Balaban J connectivity index is 1.82. The molecule has 106 valence electrons. The maximum atomic E-state index is 12.3. The van der Waals surface area contributed by atoms with Crippen molar-refractivity contribution in [1.29, 1.82) is 0 Å². The largest absolute Gasteiger partial charge is 0.322 e. The van der Waals surface area contributed by atoms with Gasteiger partial charge < -0.3 is 9.72 Å². The van der Waals surface area contributed by atoms with Crippen LogP contribution in [-0.2, 0) is 6.42 Å². The fourth-order valence-corrected chi connectivity index (χ4v) is 2.28. The molecule has 0 atom stereocenters. The van der Waals surface area contributed by atoms with Crippen LogP contribution in [0.2, 0.25) is 0 Å². The molecule has 0 aliphatic rings. The number of hydrogen-bond donors (Lipinski definition) is 1. The van der Waals surface area contributed by atoms with Gasteiger partial charge in [0, 0.05) is 18.1 Å². The third-order valence-electron chi connectivity index (χ3n) is 3.45. The van der Waals surface area contributed by atoms with E-state index in [0.717, 1.165) is 23.4 Å². The molecule has 21 heavy (non-hydrogen) atoms. The topological polar surface area (TPSA) is 46.4 Å². The minimum absolute atomic E-state index is 0.118. The number of nitrogens with one attached hydrogen (secondary N) is 1. The number of amides is 1. The predicted molar refractivity (Wildman–Crippen MR) is 83.7 cm³/mol. The maximum absolute atomic E-state index is 12.3. The lowest BCUT2D eigenvalue weighted by Crippen LogP contribution is -2.12. The fraction of sp³-hybridized carbons (Fsp3) is 0.176. The molecule has 0 spiro atoms. The monoisotopic (exact) mass is 279 g/mol. The molecule has 2 heterocycles. The highest BCUT2D eigenvalue weighted by Crippen LogP contribution is 2.13. The van der Waals surface area contributed by atoms with Crippen molar-refractivity contribution in [1.82, 2.24) is 9.38 Å². The molecule has 4 nitrogen and oxygen atoms in total. The first-order valence-electron chi connectivity index (χ1n) is 7.01. The van der Waals surface area contributed by atoms with Gasteiger partial charge in [-0.1, -0.05) is 19.1 Å². The van der Waals surface area contributed by atoms with Gasteiger partial charge in [-0.2, -0.15) is 0 Å². The van der Waals surface area contributed by atoms with Gasteiger partial charge in [0.25, 0.3) is 5.91 Å². The number of hydrogen-bond acceptors (Lipinski definition) is 2. The second-order valence-corrected chi connectivity index (χ2v) is 5.07. The summed E-state index contributed by atoms with van der Waals surface area (Å²) in [6.45, 7) is 4.04. The number of carbonyl (C=O) groups excluding carboxylic acids is 1. The van der Waals surface area contributed by atoms with E-state index in [-0.39, 0.29) is 5.91 Å². The second-order valence-electron chi connectivity index (χ2n) is 5.07. The number of fused-ring (bicyclic) bond motifs is 1. The van der Waals surface area contributed by atoms with Gasteiger partial charge in [0.1, 0.15) is 5.65 Å². The average Bonchev–Trinajstić information content (AvgIpc) is 2.87. The molecule has 0 unspecified atom stereocenters. The summed E-state index contributed by atoms with van der Waals surface area (Å²) >= 11 is 0. The van der Waals surface area contributed by atoms with Gasteiger partial charge in [0.15, 0.2) is 0 Å². The van der Waals surface area contributed by atoms with Gasteiger partial charge in [-0.05, 0) is 43.2 Å². The molecule has 1 amide bonds. The Morgan fingerprint density at radius 1 is 1.14 bits per heavy atom. The first kappa shape index (κ1) is 13.4.